The monoisotopic (exact) mass is 388 g/mol. The van der Waals surface area contributed by atoms with Gasteiger partial charge in [0, 0.05) is 25.0 Å². The Labute approximate surface area is 172 Å². The fourth-order valence-electron chi connectivity index (χ4n) is 3.20. The van der Waals surface area contributed by atoms with E-state index < -0.39 is 0 Å². The molecule has 0 fully saturated rings. The van der Waals surface area contributed by atoms with Crippen LogP contribution in [0.2, 0.25) is 0 Å². The van der Waals surface area contributed by atoms with Crippen molar-refractivity contribution >= 4 is 17.5 Å². The Hall–Kier alpha value is -3.21. The Morgan fingerprint density at radius 2 is 1.69 bits per heavy atom. The average Bonchev–Trinajstić information content (AvgIpc) is 2.72. The summed E-state index contributed by atoms with van der Waals surface area (Å²) in [4.78, 5) is 23.6. The van der Waals surface area contributed by atoms with E-state index in [9.17, 15) is 4.79 Å². The van der Waals surface area contributed by atoms with Crippen LogP contribution in [0.1, 0.15) is 49.3 Å². The molecule has 0 aliphatic rings. The molecule has 0 unspecified atom stereocenters. The maximum atomic E-state index is 13.0. The SMILES string of the molecule is CCN(Cc1ccccc1)C(=O)c1ccnc(Nc2ccccc2C(C)(C)C)n1. The predicted octanol–water partition coefficient (Wildman–Crippen LogP) is 5.18. The van der Waals surface area contributed by atoms with Gasteiger partial charge >= 0.3 is 0 Å². The molecule has 1 aromatic heterocycles. The predicted molar refractivity (Wildman–Crippen MR) is 117 cm³/mol. The van der Waals surface area contributed by atoms with Crippen molar-refractivity contribution in [3.63, 3.8) is 0 Å². The second-order valence-electron chi connectivity index (χ2n) is 7.99. The van der Waals surface area contributed by atoms with Crippen LogP contribution in [0, 0.1) is 0 Å². The van der Waals surface area contributed by atoms with Crippen molar-refractivity contribution < 1.29 is 4.79 Å². The van der Waals surface area contributed by atoms with Crippen molar-refractivity contribution in [2.75, 3.05) is 11.9 Å². The van der Waals surface area contributed by atoms with Gasteiger partial charge in [-0.3, -0.25) is 4.79 Å². The van der Waals surface area contributed by atoms with Gasteiger partial charge in [0.05, 0.1) is 0 Å². The molecule has 1 N–H and O–H groups in total. The van der Waals surface area contributed by atoms with Crippen LogP contribution in [0.3, 0.4) is 0 Å². The quantitative estimate of drug-likeness (QED) is 0.632. The van der Waals surface area contributed by atoms with Gasteiger partial charge in [-0.25, -0.2) is 9.97 Å². The first-order chi connectivity index (χ1) is 13.9. The molecule has 0 aliphatic heterocycles. The molecule has 0 aliphatic carbocycles. The maximum absolute atomic E-state index is 13.0. The van der Waals surface area contributed by atoms with E-state index in [1.165, 1.54) is 5.56 Å². The largest absolute Gasteiger partial charge is 0.333 e. The van der Waals surface area contributed by atoms with Crippen LogP contribution < -0.4 is 5.32 Å². The number of amides is 1. The van der Waals surface area contributed by atoms with Crippen LogP contribution >= 0.6 is 0 Å². The number of nitrogens with zero attached hydrogens (tertiary/aromatic N) is 3. The average molecular weight is 389 g/mol. The normalized spacial score (nSPS) is 11.2. The number of nitrogens with one attached hydrogen (secondary N) is 1. The molecule has 3 rings (SSSR count). The van der Waals surface area contributed by atoms with Crippen molar-refractivity contribution in [1.82, 2.24) is 14.9 Å². The van der Waals surface area contributed by atoms with Gasteiger partial charge in [0.25, 0.3) is 5.91 Å². The maximum Gasteiger partial charge on any atom is 0.272 e. The Kier molecular flexibility index (Phi) is 6.27. The number of carbonyl (C=O) groups excluding carboxylic acids is 1. The number of aromatic nitrogens is 2. The third-order valence-corrected chi connectivity index (χ3v) is 4.74. The van der Waals surface area contributed by atoms with Crippen LogP contribution in [0.5, 0.6) is 0 Å². The molecule has 0 saturated heterocycles. The topological polar surface area (TPSA) is 58.1 Å². The molecule has 0 bridgehead atoms. The first-order valence-corrected chi connectivity index (χ1v) is 9.91. The van der Waals surface area contributed by atoms with Crippen molar-refractivity contribution in [3.05, 3.63) is 83.7 Å². The molecule has 2 aromatic carbocycles. The molecule has 0 spiro atoms. The van der Waals surface area contributed by atoms with E-state index in [4.69, 9.17) is 0 Å². The Balaban J connectivity index is 1.81. The third kappa shape index (κ3) is 5.19. The summed E-state index contributed by atoms with van der Waals surface area (Å²) in [5, 5.41) is 3.29. The second-order valence-corrected chi connectivity index (χ2v) is 7.99. The number of carbonyl (C=O) groups is 1. The summed E-state index contributed by atoms with van der Waals surface area (Å²) >= 11 is 0. The summed E-state index contributed by atoms with van der Waals surface area (Å²) in [6, 6.07) is 19.7. The Bertz CT molecular complexity index is 964. The lowest BCUT2D eigenvalue weighted by Gasteiger charge is -2.23. The van der Waals surface area contributed by atoms with Gasteiger partial charge in [-0.15, -0.1) is 0 Å². The van der Waals surface area contributed by atoms with Crippen LogP contribution in [0.4, 0.5) is 11.6 Å². The molecule has 0 atom stereocenters. The van der Waals surface area contributed by atoms with E-state index in [1.54, 1.807) is 17.2 Å². The lowest BCUT2D eigenvalue weighted by molar-refractivity contribution is 0.0746. The minimum Gasteiger partial charge on any atom is -0.333 e. The van der Waals surface area contributed by atoms with Gasteiger partial charge in [-0.2, -0.15) is 0 Å². The van der Waals surface area contributed by atoms with Crippen molar-refractivity contribution in [3.8, 4) is 0 Å². The molecule has 0 radical (unpaired) electrons. The summed E-state index contributed by atoms with van der Waals surface area (Å²) in [5.41, 5.74) is 3.56. The zero-order valence-corrected chi connectivity index (χ0v) is 17.5. The van der Waals surface area contributed by atoms with Crippen LogP contribution in [0.25, 0.3) is 0 Å². The summed E-state index contributed by atoms with van der Waals surface area (Å²) in [5.74, 6) is 0.314. The molecule has 29 heavy (non-hydrogen) atoms. The lowest BCUT2D eigenvalue weighted by atomic mass is 9.86. The number of rotatable bonds is 6. The molecule has 1 amide bonds. The van der Waals surface area contributed by atoms with E-state index in [0.29, 0.717) is 24.7 Å². The first-order valence-electron chi connectivity index (χ1n) is 9.91. The Morgan fingerprint density at radius 1 is 1.00 bits per heavy atom. The molecule has 3 aromatic rings. The van der Waals surface area contributed by atoms with E-state index >= 15 is 0 Å². The number of hydrogen-bond acceptors (Lipinski definition) is 4. The number of para-hydroxylation sites is 1. The van der Waals surface area contributed by atoms with E-state index in [1.807, 2.05) is 55.5 Å². The second kappa shape index (κ2) is 8.86. The molecule has 1 heterocycles. The Morgan fingerprint density at radius 3 is 2.38 bits per heavy atom. The van der Waals surface area contributed by atoms with E-state index in [-0.39, 0.29) is 11.3 Å². The minimum absolute atomic E-state index is 0.0221. The zero-order chi connectivity index (χ0) is 20.9. The van der Waals surface area contributed by atoms with Gasteiger partial charge < -0.3 is 10.2 Å². The molecular formula is C24H28N4O. The van der Waals surface area contributed by atoms with Gasteiger partial charge in [-0.1, -0.05) is 69.3 Å². The molecule has 5 nitrogen and oxygen atoms in total. The van der Waals surface area contributed by atoms with Gasteiger partial charge in [-0.05, 0) is 35.6 Å². The fourth-order valence-corrected chi connectivity index (χ4v) is 3.20. The van der Waals surface area contributed by atoms with E-state index in [0.717, 1.165) is 11.3 Å². The summed E-state index contributed by atoms with van der Waals surface area (Å²) in [6.07, 6.45) is 1.62. The highest BCUT2D eigenvalue weighted by Crippen LogP contribution is 2.30. The number of anilines is 2. The first kappa shape index (κ1) is 20.5. The minimum atomic E-state index is -0.106. The summed E-state index contributed by atoms with van der Waals surface area (Å²) in [6.45, 7) is 9.62. The number of benzene rings is 2. The summed E-state index contributed by atoms with van der Waals surface area (Å²) in [7, 11) is 0. The van der Waals surface area contributed by atoms with Crippen LogP contribution in [0.15, 0.2) is 66.9 Å². The highest BCUT2D eigenvalue weighted by molar-refractivity contribution is 5.92. The van der Waals surface area contributed by atoms with Gasteiger partial charge in [0.1, 0.15) is 5.69 Å². The number of hydrogen-bond donors (Lipinski definition) is 1. The highest BCUT2D eigenvalue weighted by Gasteiger charge is 2.19. The highest BCUT2D eigenvalue weighted by atomic mass is 16.2. The molecule has 5 heteroatoms. The van der Waals surface area contributed by atoms with Crippen molar-refractivity contribution in [2.24, 2.45) is 0 Å². The molecular weight excluding hydrogens is 360 g/mol. The van der Waals surface area contributed by atoms with Crippen molar-refractivity contribution in [1.29, 1.82) is 0 Å². The third-order valence-electron chi connectivity index (χ3n) is 4.74. The summed E-state index contributed by atoms with van der Waals surface area (Å²) < 4.78 is 0. The van der Waals surface area contributed by atoms with Gasteiger partial charge in [0.15, 0.2) is 0 Å². The molecule has 0 saturated carbocycles. The molecule has 150 valence electrons. The lowest BCUT2D eigenvalue weighted by Crippen LogP contribution is -2.31. The van der Waals surface area contributed by atoms with E-state index in [2.05, 4.69) is 42.1 Å². The standard InChI is InChI=1S/C24H28N4O/c1-5-28(17-18-11-7-6-8-12-18)22(29)21-15-16-25-23(27-21)26-20-14-10-9-13-19(20)24(2,3)4/h6-16H,5,17H2,1-4H3,(H,25,26,27). The fraction of sp³-hybridized carbons (Fsp3) is 0.292. The van der Waals surface area contributed by atoms with Crippen LogP contribution in [-0.2, 0) is 12.0 Å². The zero-order valence-electron chi connectivity index (χ0n) is 17.5. The smallest absolute Gasteiger partial charge is 0.272 e. The van der Waals surface area contributed by atoms with Crippen molar-refractivity contribution in [2.45, 2.75) is 39.7 Å². The van der Waals surface area contributed by atoms with Crippen LogP contribution in [-0.4, -0.2) is 27.3 Å². The van der Waals surface area contributed by atoms with Gasteiger partial charge in [0.2, 0.25) is 5.95 Å².